The van der Waals surface area contributed by atoms with Gasteiger partial charge in [-0.05, 0) is 46.3 Å². The summed E-state index contributed by atoms with van der Waals surface area (Å²) in [6, 6.07) is 29.2. The number of anilines is 2. The highest BCUT2D eigenvalue weighted by Gasteiger charge is 2.26. The van der Waals surface area contributed by atoms with Crippen LogP contribution in [0.15, 0.2) is 97.5 Å². The zero-order valence-electron chi connectivity index (χ0n) is 23.0. The molecule has 0 unspecified atom stereocenters. The van der Waals surface area contributed by atoms with Crippen LogP contribution in [0.5, 0.6) is 0 Å². The average molecular weight is 611 g/mol. The lowest BCUT2D eigenvalue weighted by Gasteiger charge is -2.25. The zero-order chi connectivity index (χ0) is 26.1. The maximum Gasteiger partial charge on any atom is 0.254 e. The van der Waals surface area contributed by atoms with Gasteiger partial charge in [-0.2, -0.15) is 0 Å². The molecule has 2 heterocycles. The van der Waals surface area contributed by atoms with Crippen molar-refractivity contribution in [3.8, 4) is 11.1 Å². The van der Waals surface area contributed by atoms with Crippen LogP contribution in [-0.4, -0.2) is 48.0 Å². The molecule has 1 amide bonds. The number of nitrogens with zero attached hydrogens (tertiary/aromatic N) is 4. The van der Waals surface area contributed by atoms with Gasteiger partial charge in [0.15, 0.2) is 0 Å². The molecule has 0 aliphatic carbocycles. The Kier molecular flexibility index (Phi) is 10.7. The van der Waals surface area contributed by atoms with Crippen LogP contribution in [0, 0.1) is 0 Å². The minimum Gasteiger partial charge on any atom is -0.377 e. The van der Waals surface area contributed by atoms with Crippen molar-refractivity contribution in [3.63, 3.8) is 0 Å². The van der Waals surface area contributed by atoms with Crippen LogP contribution in [0.2, 0.25) is 0 Å². The van der Waals surface area contributed by atoms with Gasteiger partial charge in [-0.1, -0.05) is 60.7 Å². The molecule has 1 N–H and O–H groups in total. The maximum absolute atomic E-state index is 14.1. The van der Waals surface area contributed by atoms with Gasteiger partial charge in [-0.3, -0.25) is 4.79 Å². The smallest absolute Gasteiger partial charge is 0.254 e. The van der Waals surface area contributed by atoms with E-state index in [2.05, 4.69) is 80.4 Å². The zero-order valence-corrected chi connectivity index (χ0v) is 25.4. The highest BCUT2D eigenvalue weighted by Crippen LogP contribution is 2.33. The maximum atomic E-state index is 14.1. The molecule has 5 aromatic rings. The lowest BCUT2D eigenvalue weighted by Crippen LogP contribution is -2.35. The standard InChI is InChI=1S/C32H31N5O.3ClH/c1-35(2)31-15-13-29(27-10-6-7-11-28(27)31)32(38)37-17-16-36(21-26-19-33-22-34-26)30-14-12-24(18-25(30)20-37)23-8-4-3-5-9-23;;;/h3-15,18-19,22H,16-17,20-21H2,1-2H3,(H,33,34);3*1H. The first kappa shape index (κ1) is 31.8. The quantitative estimate of drug-likeness (QED) is 0.228. The van der Waals surface area contributed by atoms with Gasteiger partial charge < -0.3 is 19.7 Å². The molecule has 0 saturated heterocycles. The Balaban J connectivity index is 0.00000154. The van der Waals surface area contributed by atoms with Gasteiger partial charge in [0.25, 0.3) is 5.91 Å². The van der Waals surface area contributed by atoms with E-state index < -0.39 is 0 Å². The number of rotatable bonds is 5. The number of carbonyl (C=O) groups is 1. The van der Waals surface area contributed by atoms with Crippen LogP contribution in [0.3, 0.4) is 0 Å². The molecule has 9 heteroatoms. The second-order valence-corrected chi connectivity index (χ2v) is 10.0. The highest BCUT2D eigenvalue weighted by atomic mass is 35.5. The van der Waals surface area contributed by atoms with Crippen molar-refractivity contribution in [1.29, 1.82) is 0 Å². The molecule has 0 fully saturated rings. The Labute approximate surface area is 259 Å². The van der Waals surface area contributed by atoms with Crippen LogP contribution in [0.4, 0.5) is 11.4 Å². The number of hydrogen-bond acceptors (Lipinski definition) is 4. The van der Waals surface area contributed by atoms with E-state index in [4.69, 9.17) is 0 Å². The Morgan fingerprint density at radius 3 is 2.29 bits per heavy atom. The summed E-state index contributed by atoms with van der Waals surface area (Å²) < 4.78 is 0. The third kappa shape index (κ3) is 6.46. The number of aromatic nitrogens is 2. The van der Waals surface area contributed by atoms with Gasteiger partial charge in [0, 0.05) is 62.3 Å². The van der Waals surface area contributed by atoms with Crippen LogP contribution in [0.25, 0.3) is 21.9 Å². The van der Waals surface area contributed by atoms with Crippen LogP contribution in [-0.2, 0) is 13.1 Å². The minimum atomic E-state index is 0. The van der Waals surface area contributed by atoms with Crippen molar-refractivity contribution in [2.45, 2.75) is 13.1 Å². The first-order chi connectivity index (χ1) is 18.6. The summed E-state index contributed by atoms with van der Waals surface area (Å²) in [5, 5.41) is 2.08. The Bertz CT molecular complexity index is 1590. The fraction of sp³-hybridized carbons (Fsp3) is 0.188. The summed E-state index contributed by atoms with van der Waals surface area (Å²) in [5.41, 5.74) is 7.52. The lowest BCUT2D eigenvalue weighted by molar-refractivity contribution is 0.0753. The number of hydrogen-bond donors (Lipinski definition) is 1. The summed E-state index contributed by atoms with van der Waals surface area (Å²) in [7, 11) is 4.07. The second kappa shape index (κ2) is 13.8. The van der Waals surface area contributed by atoms with E-state index in [-0.39, 0.29) is 43.1 Å². The predicted octanol–water partition coefficient (Wildman–Crippen LogP) is 7.22. The van der Waals surface area contributed by atoms with Crippen molar-refractivity contribution < 1.29 is 4.79 Å². The number of H-pyrrole nitrogens is 1. The molecule has 214 valence electrons. The Hall–Kier alpha value is -3.71. The molecule has 0 spiro atoms. The van der Waals surface area contributed by atoms with Crippen LogP contribution in [0.1, 0.15) is 21.6 Å². The third-order valence-corrected chi connectivity index (χ3v) is 7.34. The number of nitrogens with one attached hydrogen (secondary N) is 1. The Morgan fingerprint density at radius 2 is 1.59 bits per heavy atom. The first-order valence-electron chi connectivity index (χ1n) is 13.0. The summed E-state index contributed by atoms with van der Waals surface area (Å²) in [4.78, 5) is 28.0. The molecule has 1 aliphatic rings. The molecule has 0 bridgehead atoms. The number of fused-ring (bicyclic) bond motifs is 2. The summed E-state index contributed by atoms with van der Waals surface area (Å²) in [6.45, 7) is 2.63. The van der Waals surface area contributed by atoms with Gasteiger partial charge in [-0.25, -0.2) is 4.98 Å². The van der Waals surface area contributed by atoms with Gasteiger partial charge in [0.05, 0.1) is 18.6 Å². The molecular weight excluding hydrogens is 577 g/mol. The molecule has 41 heavy (non-hydrogen) atoms. The van der Waals surface area contributed by atoms with E-state index in [0.29, 0.717) is 19.6 Å². The minimum absolute atomic E-state index is 0. The highest BCUT2D eigenvalue weighted by molar-refractivity contribution is 6.10. The summed E-state index contributed by atoms with van der Waals surface area (Å²) in [5.74, 6) is 0.0611. The molecule has 6 nitrogen and oxygen atoms in total. The first-order valence-corrected chi connectivity index (χ1v) is 13.0. The number of imidazole rings is 1. The molecule has 0 radical (unpaired) electrons. The molecule has 1 aromatic heterocycles. The van der Waals surface area contributed by atoms with Gasteiger partial charge in [-0.15, -0.1) is 37.2 Å². The second-order valence-electron chi connectivity index (χ2n) is 10.0. The van der Waals surface area contributed by atoms with E-state index in [1.807, 2.05) is 49.5 Å². The van der Waals surface area contributed by atoms with Crippen molar-refractivity contribution in [1.82, 2.24) is 14.9 Å². The molecule has 4 aromatic carbocycles. The number of aromatic amines is 1. The average Bonchev–Trinajstić information content (AvgIpc) is 3.40. The molecular formula is C32H34Cl3N5O. The summed E-state index contributed by atoms with van der Waals surface area (Å²) >= 11 is 0. The largest absolute Gasteiger partial charge is 0.377 e. The van der Waals surface area contributed by atoms with Gasteiger partial charge >= 0.3 is 0 Å². The van der Waals surface area contributed by atoms with Gasteiger partial charge in [0.1, 0.15) is 0 Å². The normalized spacial score (nSPS) is 12.3. The van der Waals surface area contributed by atoms with Crippen LogP contribution < -0.4 is 9.80 Å². The molecule has 6 rings (SSSR count). The van der Waals surface area contributed by atoms with Crippen molar-refractivity contribution in [3.05, 3.63) is 114 Å². The van der Waals surface area contributed by atoms with Crippen molar-refractivity contribution >= 4 is 65.3 Å². The van der Waals surface area contributed by atoms with Gasteiger partial charge in [0.2, 0.25) is 0 Å². The fourth-order valence-corrected chi connectivity index (χ4v) is 5.42. The molecule has 0 saturated carbocycles. The Morgan fingerprint density at radius 1 is 0.854 bits per heavy atom. The topological polar surface area (TPSA) is 55.5 Å². The SMILES string of the molecule is CN(C)c1ccc(C(=O)N2CCN(Cc3cnc[nH]3)c3ccc(-c4ccccc4)cc3C2)c2ccccc12.Cl.Cl.Cl. The lowest BCUT2D eigenvalue weighted by atomic mass is 10.00. The van der Waals surface area contributed by atoms with Crippen LogP contribution >= 0.6 is 37.2 Å². The fourth-order valence-electron chi connectivity index (χ4n) is 5.42. The predicted molar refractivity (Wildman–Crippen MR) is 176 cm³/mol. The number of halogens is 3. The summed E-state index contributed by atoms with van der Waals surface area (Å²) in [6.07, 6.45) is 3.58. The van der Waals surface area contributed by atoms with E-state index in [1.165, 1.54) is 5.56 Å². The number of benzene rings is 4. The van der Waals surface area contributed by atoms with Crippen molar-refractivity contribution in [2.75, 3.05) is 37.0 Å². The van der Waals surface area contributed by atoms with E-state index in [1.54, 1.807) is 6.33 Å². The number of carbonyl (C=O) groups excluding carboxylic acids is 1. The van der Waals surface area contributed by atoms with E-state index >= 15 is 0 Å². The number of amides is 1. The van der Waals surface area contributed by atoms with Crippen molar-refractivity contribution in [2.24, 2.45) is 0 Å². The molecule has 0 atom stereocenters. The van der Waals surface area contributed by atoms with E-state index in [0.717, 1.165) is 51.1 Å². The monoisotopic (exact) mass is 609 g/mol. The molecule has 1 aliphatic heterocycles. The van der Waals surface area contributed by atoms with E-state index in [9.17, 15) is 4.79 Å². The third-order valence-electron chi connectivity index (χ3n) is 7.34.